The van der Waals surface area contributed by atoms with Crippen LogP contribution in [0.1, 0.15) is 24.1 Å². The maximum Gasteiger partial charge on any atom is 0.295 e. The van der Waals surface area contributed by atoms with Gasteiger partial charge >= 0.3 is 0 Å². The molecule has 7 nitrogen and oxygen atoms in total. The molecule has 1 atom stereocenters. The fourth-order valence-corrected chi connectivity index (χ4v) is 2.59. The molecular formula is C16H19N3O4. The predicted molar refractivity (Wildman–Crippen MR) is 85.7 cm³/mol. The predicted octanol–water partition coefficient (Wildman–Crippen LogP) is 3.12. The molecular weight excluding hydrogens is 298 g/mol. The molecule has 0 aliphatic heterocycles. The highest BCUT2D eigenvalue weighted by Gasteiger charge is 2.23. The van der Waals surface area contributed by atoms with Gasteiger partial charge in [0.05, 0.1) is 24.2 Å². The third-order valence-electron chi connectivity index (χ3n) is 3.63. The highest BCUT2D eigenvalue weighted by molar-refractivity contribution is 5.78. The molecule has 122 valence electrons. The minimum absolute atomic E-state index is 0.0263. The molecule has 0 radical (unpaired) electrons. The van der Waals surface area contributed by atoms with Gasteiger partial charge in [-0.2, -0.15) is 0 Å². The minimum atomic E-state index is -0.434. The molecule has 0 bridgehead atoms. The van der Waals surface area contributed by atoms with Crippen LogP contribution in [0.15, 0.2) is 24.5 Å². The summed E-state index contributed by atoms with van der Waals surface area (Å²) >= 11 is 0. The molecule has 1 unspecified atom stereocenters. The van der Waals surface area contributed by atoms with Crippen molar-refractivity contribution in [2.24, 2.45) is 0 Å². The molecule has 23 heavy (non-hydrogen) atoms. The van der Waals surface area contributed by atoms with Gasteiger partial charge < -0.3 is 9.47 Å². The number of hydrogen-bond donors (Lipinski definition) is 0. The van der Waals surface area contributed by atoms with E-state index in [1.54, 1.807) is 26.4 Å². The summed E-state index contributed by atoms with van der Waals surface area (Å²) in [4.78, 5) is 19.1. The van der Waals surface area contributed by atoms with E-state index in [1.165, 1.54) is 12.4 Å². The standard InChI is InChI=1S/C16H19N3O4/c1-10(9-22-3)13-7-15(23-4)18-11(2)16(13)12-5-6-17-8-14(12)19(20)21/h5-8,10H,9H2,1-4H3. The van der Waals surface area contributed by atoms with Crippen molar-refractivity contribution in [1.29, 1.82) is 0 Å². The van der Waals surface area contributed by atoms with E-state index in [-0.39, 0.29) is 11.6 Å². The van der Waals surface area contributed by atoms with Crippen LogP contribution < -0.4 is 4.74 Å². The van der Waals surface area contributed by atoms with E-state index in [4.69, 9.17) is 9.47 Å². The summed E-state index contributed by atoms with van der Waals surface area (Å²) in [7, 11) is 3.16. The molecule has 0 aliphatic carbocycles. The number of ether oxygens (including phenoxy) is 2. The van der Waals surface area contributed by atoms with Gasteiger partial charge in [0.25, 0.3) is 5.69 Å². The van der Waals surface area contributed by atoms with E-state index in [9.17, 15) is 10.1 Å². The van der Waals surface area contributed by atoms with Crippen molar-refractivity contribution in [2.45, 2.75) is 19.8 Å². The Morgan fingerprint density at radius 2 is 2.13 bits per heavy atom. The summed E-state index contributed by atoms with van der Waals surface area (Å²) in [5.74, 6) is 0.499. The lowest BCUT2D eigenvalue weighted by Crippen LogP contribution is -2.08. The SMILES string of the molecule is COCC(C)c1cc(OC)nc(C)c1-c1ccncc1[N+](=O)[O-]. The molecule has 0 fully saturated rings. The molecule has 0 N–H and O–H groups in total. The first kappa shape index (κ1) is 16.8. The van der Waals surface area contributed by atoms with Gasteiger partial charge in [0.2, 0.25) is 5.88 Å². The molecule has 0 saturated carbocycles. The van der Waals surface area contributed by atoms with Crippen molar-refractivity contribution >= 4 is 5.69 Å². The van der Waals surface area contributed by atoms with E-state index in [0.29, 0.717) is 23.7 Å². The topological polar surface area (TPSA) is 87.4 Å². The summed E-state index contributed by atoms with van der Waals surface area (Å²) in [6, 6.07) is 3.44. The highest BCUT2D eigenvalue weighted by Crippen LogP contribution is 2.38. The van der Waals surface area contributed by atoms with Gasteiger partial charge in [0.1, 0.15) is 6.20 Å². The van der Waals surface area contributed by atoms with Crippen LogP contribution in [-0.2, 0) is 4.74 Å². The number of aromatic nitrogens is 2. The summed E-state index contributed by atoms with van der Waals surface area (Å²) in [5.41, 5.74) is 2.73. The molecule has 2 rings (SSSR count). The zero-order valence-electron chi connectivity index (χ0n) is 13.6. The van der Waals surface area contributed by atoms with Crippen molar-refractivity contribution < 1.29 is 14.4 Å². The fourth-order valence-electron chi connectivity index (χ4n) is 2.59. The molecule has 0 saturated heterocycles. The average Bonchev–Trinajstić information content (AvgIpc) is 2.54. The van der Waals surface area contributed by atoms with Gasteiger partial charge in [-0.3, -0.25) is 15.1 Å². The summed E-state index contributed by atoms with van der Waals surface area (Å²) in [6.07, 6.45) is 2.79. The second-order valence-electron chi connectivity index (χ2n) is 5.22. The molecule has 7 heteroatoms. The third-order valence-corrected chi connectivity index (χ3v) is 3.63. The van der Waals surface area contributed by atoms with Crippen LogP contribution in [0.5, 0.6) is 5.88 Å². The first-order chi connectivity index (χ1) is 11.0. The first-order valence-electron chi connectivity index (χ1n) is 7.12. The first-order valence-corrected chi connectivity index (χ1v) is 7.12. The molecule has 0 amide bonds. The number of pyridine rings is 2. The number of aryl methyl sites for hydroxylation is 1. The van der Waals surface area contributed by atoms with Crippen LogP contribution in [-0.4, -0.2) is 35.7 Å². The quantitative estimate of drug-likeness (QED) is 0.601. The Morgan fingerprint density at radius 1 is 1.39 bits per heavy atom. The van der Waals surface area contributed by atoms with Crippen molar-refractivity contribution in [3.8, 4) is 17.0 Å². The van der Waals surface area contributed by atoms with Gasteiger partial charge in [0, 0.05) is 36.5 Å². The van der Waals surface area contributed by atoms with E-state index in [0.717, 1.165) is 11.1 Å². The van der Waals surface area contributed by atoms with Crippen LogP contribution in [0.25, 0.3) is 11.1 Å². The number of nitrogens with zero attached hydrogens (tertiary/aromatic N) is 3. The lowest BCUT2D eigenvalue weighted by Gasteiger charge is -2.19. The van der Waals surface area contributed by atoms with Crippen molar-refractivity contribution in [3.05, 3.63) is 45.9 Å². The Kier molecular flexibility index (Phi) is 5.23. The van der Waals surface area contributed by atoms with Gasteiger partial charge in [-0.25, -0.2) is 4.98 Å². The zero-order chi connectivity index (χ0) is 17.0. The van der Waals surface area contributed by atoms with E-state index in [1.807, 2.05) is 13.8 Å². The summed E-state index contributed by atoms with van der Waals surface area (Å²) in [6.45, 7) is 4.29. The minimum Gasteiger partial charge on any atom is -0.481 e. The monoisotopic (exact) mass is 317 g/mol. The molecule has 2 aromatic heterocycles. The van der Waals surface area contributed by atoms with E-state index in [2.05, 4.69) is 9.97 Å². The molecule has 0 spiro atoms. The largest absolute Gasteiger partial charge is 0.481 e. The number of hydrogen-bond acceptors (Lipinski definition) is 6. The van der Waals surface area contributed by atoms with Gasteiger partial charge in [-0.15, -0.1) is 0 Å². The average molecular weight is 317 g/mol. The Labute approximate surface area is 134 Å². The maximum absolute atomic E-state index is 11.3. The Balaban J connectivity index is 2.73. The van der Waals surface area contributed by atoms with Crippen molar-refractivity contribution in [2.75, 3.05) is 20.8 Å². The Hall–Kier alpha value is -2.54. The number of nitro groups is 1. The van der Waals surface area contributed by atoms with Gasteiger partial charge in [-0.05, 0) is 18.6 Å². The second kappa shape index (κ2) is 7.15. The third kappa shape index (κ3) is 3.45. The molecule has 0 aliphatic rings. The van der Waals surface area contributed by atoms with Crippen LogP contribution in [0.2, 0.25) is 0 Å². The summed E-state index contributed by atoms with van der Waals surface area (Å²) in [5, 5.41) is 11.3. The second-order valence-corrected chi connectivity index (χ2v) is 5.22. The Morgan fingerprint density at radius 3 is 2.74 bits per heavy atom. The Bertz CT molecular complexity index is 718. The fraction of sp³-hybridized carbons (Fsp3) is 0.375. The van der Waals surface area contributed by atoms with E-state index >= 15 is 0 Å². The molecule has 2 aromatic rings. The van der Waals surface area contributed by atoms with Crippen LogP contribution in [0.4, 0.5) is 5.69 Å². The zero-order valence-corrected chi connectivity index (χ0v) is 13.6. The number of methoxy groups -OCH3 is 2. The van der Waals surface area contributed by atoms with Gasteiger partial charge in [-0.1, -0.05) is 6.92 Å². The normalized spacial score (nSPS) is 12.0. The van der Waals surface area contributed by atoms with Crippen LogP contribution in [0.3, 0.4) is 0 Å². The van der Waals surface area contributed by atoms with Crippen LogP contribution in [0, 0.1) is 17.0 Å². The van der Waals surface area contributed by atoms with E-state index < -0.39 is 4.92 Å². The number of rotatable bonds is 6. The summed E-state index contributed by atoms with van der Waals surface area (Å²) < 4.78 is 10.5. The maximum atomic E-state index is 11.3. The highest BCUT2D eigenvalue weighted by atomic mass is 16.6. The van der Waals surface area contributed by atoms with Gasteiger partial charge in [0.15, 0.2) is 0 Å². The van der Waals surface area contributed by atoms with Crippen molar-refractivity contribution in [3.63, 3.8) is 0 Å². The molecule has 0 aromatic carbocycles. The lowest BCUT2D eigenvalue weighted by molar-refractivity contribution is -0.384. The van der Waals surface area contributed by atoms with Crippen molar-refractivity contribution in [1.82, 2.24) is 9.97 Å². The molecule has 2 heterocycles. The smallest absolute Gasteiger partial charge is 0.295 e. The lowest BCUT2D eigenvalue weighted by atomic mass is 9.91. The van der Waals surface area contributed by atoms with Crippen LogP contribution >= 0.6 is 0 Å².